The summed E-state index contributed by atoms with van der Waals surface area (Å²) in [5.41, 5.74) is 2.48. The Morgan fingerprint density at radius 2 is 1.52 bits per heavy atom. The van der Waals surface area contributed by atoms with Crippen molar-refractivity contribution < 1.29 is 14.6 Å². The van der Waals surface area contributed by atoms with E-state index < -0.39 is 5.97 Å². The summed E-state index contributed by atoms with van der Waals surface area (Å²) in [4.78, 5) is 11.5. The minimum Gasteiger partial charge on any atom is -0.487 e. The number of rotatable bonds is 4. The molecule has 0 unspecified atom stereocenters. The molecule has 1 N–H and O–H groups in total. The lowest BCUT2D eigenvalue weighted by Gasteiger charge is -2.11. The molecule has 0 saturated carbocycles. The van der Waals surface area contributed by atoms with Crippen molar-refractivity contribution in [1.82, 2.24) is 0 Å². The number of carboxylic acid groups (broad SMARTS) is 1. The van der Waals surface area contributed by atoms with Crippen LogP contribution in [0.25, 0.3) is 0 Å². The molecule has 3 aromatic carbocycles. The lowest BCUT2D eigenvalue weighted by Crippen LogP contribution is -2.05. The molecule has 25 heavy (non-hydrogen) atoms. The van der Waals surface area contributed by atoms with Gasteiger partial charge in [-0.3, -0.25) is 0 Å². The Morgan fingerprint density at radius 1 is 0.840 bits per heavy atom. The molecule has 3 nitrogen and oxygen atoms in total. The van der Waals surface area contributed by atoms with E-state index in [0.717, 1.165) is 11.1 Å². The van der Waals surface area contributed by atoms with E-state index >= 15 is 0 Å². The molecule has 0 aliphatic rings. The number of hydrogen-bond donors (Lipinski definition) is 1. The van der Waals surface area contributed by atoms with E-state index in [1.807, 2.05) is 60.7 Å². The highest BCUT2D eigenvalue weighted by Gasteiger charge is 2.14. The van der Waals surface area contributed by atoms with Crippen molar-refractivity contribution in [2.45, 2.75) is 6.61 Å². The highest BCUT2D eigenvalue weighted by molar-refractivity contribution is 5.92. The maximum absolute atomic E-state index is 11.5. The molecule has 0 atom stereocenters. The van der Waals surface area contributed by atoms with Crippen LogP contribution in [0.5, 0.6) is 5.75 Å². The first-order valence-electron chi connectivity index (χ1n) is 7.84. The van der Waals surface area contributed by atoms with Crippen LogP contribution < -0.4 is 4.74 Å². The summed E-state index contributed by atoms with van der Waals surface area (Å²) in [6.45, 7) is 0.283. The van der Waals surface area contributed by atoms with Crippen LogP contribution >= 0.6 is 0 Å². The number of para-hydroxylation sites is 1. The van der Waals surface area contributed by atoms with Gasteiger partial charge in [-0.25, -0.2) is 4.79 Å². The highest BCUT2D eigenvalue weighted by atomic mass is 16.5. The fourth-order valence-corrected chi connectivity index (χ4v) is 2.35. The Bertz CT molecular complexity index is 920. The van der Waals surface area contributed by atoms with Crippen molar-refractivity contribution in [2.24, 2.45) is 0 Å². The third kappa shape index (κ3) is 4.27. The molecule has 3 aromatic rings. The Kier molecular flexibility index (Phi) is 5.13. The molecule has 0 aliphatic carbocycles. The topological polar surface area (TPSA) is 46.5 Å². The van der Waals surface area contributed by atoms with E-state index in [2.05, 4.69) is 11.8 Å². The number of ether oxygens (including phenoxy) is 1. The average molecular weight is 328 g/mol. The van der Waals surface area contributed by atoms with Gasteiger partial charge in [-0.1, -0.05) is 66.4 Å². The van der Waals surface area contributed by atoms with Gasteiger partial charge in [0.25, 0.3) is 0 Å². The van der Waals surface area contributed by atoms with Gasteiger partial charge in [0.05, 0.1) is 5.56 Å². The van der Waals surface area contributed by atoms with Gasteiger partial charge in [0.2, 0.25) is 0 Å². The number of carbonyl (C=O) groups is 1. The van der Waals surface area contributed by atoms with Gasteiger partial charge in [0.15, 0.2) is 0 Å². The summed E-state index contributed by atoms with van der Waals surface area (Å²) in [5, 5.41) is 9.44. The van der Waals surface area contributed by atoms with Crippen molar-refractivity contribution >= 4 is 5.97 Å². The van der Waals surface area contributed by atoms with E-state index in [-0.39, 0.29) is 12.2 Å². The first kappa shape index (κ1) is 16.4. The number of aromatic carboxylic acids is 1. The zero-order valence-electron chi connectivity index (χ0n) is 13.5. The summed E-state index contributed by atoms with van der Waals surface area (Å²) in [5.74, 6) is 5.32. The maximum atomic E-state index is 11.5. The van der Waals surface area contributed by atoms with Crippen LogP contribution in [0.4, 0.5) is 0 Å². The van der Waals surface area contributed by atoms with E-state index in [9.17, 15) is 9.90 Å². The maximum Gasteiger partial charge on any atom is 0.339 e. The molecule has 3 heteroatoms. The van der Waals surface area contributed by atoms with E-state index in [1.165, 1.54) is 6.07 Å². The van der Waals surface area contributed by atoms with Crippen molar-refractivity contribution in [3.8, 4) is 17.6 Å². The number of benzene rings is 3. The molecule has 0 aliphatic heterocycles. The Labute approximate surface area is 146 Å². The molecule has 0 spiro atoms. The monoisotopic (exact) mass is 328 g/mol. The van der Waals surface area contributed by atoms with Gasteiger partial charge in [0, 0.05) is 5.56 Å². The van der Waals surface area contributed by atoms with Crippen molar-refractivity contribution in [3.63, 3.8) is 0 Å². The summed E-state index contributed by atoms with van der Waals surface area (Å²) >= 11 is 0. The smallest absolute Gasteiger partial charge is 0.339 e. The van der Waals surface area contributed by atoms with Crippen molar-refractivity contribution in [2.75, 3.05) is 0 Å². The Hall–Kier alpha value is -3.51. The molecule has 0 fully saturated rings. The van der Waals surface area contributed by atoms with Crippen LogP contribution in [0.3, 0.4) is 0 Å². The molecule has 122 valence electrons. The molecule has 0 bridgehead atoms. The van der Waals surface area contributed by atoms with Gasteiger partial charge in [-0.15, -0.1) is 0 Å². The first-order chi connectivity index (χ1) is 12.2. The quantitative estimate of drug-likeness (QED) is 0.724. The molecule has 0 radical (unpaired) electrons. The molecule has 0 heterocycles. The van der Waals surface area contributed by atoms with Crippen LogP contribution in [-0.4, -0.2) is 11.1 Å². The normalized spacial score (nSPS) is 9.76. The molecular formula is C22H16O3. The number of carboxylic acids is 1. The molecular weight excluding hydrogens is 312 g/mol. The van der Waals surface area contributed by atoms with Crippen LogP contribution in [0.15, 0.2) is 78.9 Å². The second-order valence-corrected chi connectivity index (χ2v) is 5.38. The Balaban J connectivity index is 1.93. The summed E-state index contributed by atoms with van der Waals surface area (Å²) in [7, 11) is 0. The fraction of sp³-hybridized carbons (Fsp3) is 0.0455. The van der Waals surface area contributed by atoms with Gasteiger partial charge in [0.1, 0.15) is 17.9 Å². The van der Waals surface area contributed by atoms with Crippen molar-refractivity contribution in [1.29, 1.82) is 0 Å². The van der Waals surface area contributed by atoms with Crippen molar-refractivity contribution in [3.05, 3.63) is 101 Å². The third-order valence-electron chi connectivity index (χ3n) is 3.59. The second kappa shape index (κ2) is 7.85. The highest BCUT2D eigenvalue weighted by Crippen LogP contribution is 2.25. The van der Waals surface area contributed by atoms with E-state index in [0.29, 0.717) is 11.3 Å². The minimum atomic E-state index is -1.04. The molecule has 0 saturated heterocycles. The van der Waals surface area contributed by atoms with Crippen LogP contribution in [0, 0.1) is 11.8 Å². The van der Waals surface area contributed by atoms with Crippen LogP contribution in [0.2, 0.25) is 0 Å². The molecule has 3 rings (SSSR count). The van der Waals surface area contributed by atoms with Gasteiger partial charge < -0.3 is 9.84 Å². The van der Waals surface area contributed by atoms with E-state index in [1.54, 1.807) is 12.1 Å². The average Bonchev–Trinajstić information content (AvgIpc) is 2.66. The lowest BCUT2D eigenvalue weighted by atomic mass is 10.1. The van der Waals surface area contributed by atoms with Gasteiger partial charge in [-0.2, -0.15) is 0 Å². The minimum absolute atomic E-state index is 0.107. The zero-order chi connectivity index (χ0) is 17.5. The largest absolute Gasteiger partial charge is 0.487 e. The standard InChI is InChI=1S/C22H16O3/c23-22(24)20-13-7-12-19(15-14-17-8-3-1-4-9-17)21(20)25-16-18-10-5-2-6-11-18/h1-13H,16H2,(H,23,24). The van der Waals surface area contributed by atoms with Crippen LogP contribution in [-0.2, 0) is 6.61 Å². The second-order valence-electron chi connectivity index (χ2n) is 5.38. The summed E-state index contributed by atoms with van der Waals surface area (Å²) < 4.78 is 5.82. The van der Waals surface area contributed by atoms with Gasteiger partial charge >= 0.3 is 5.97 Å². The summed E-state index contributed by atoms with van der Waals surface area (Å²) in [6.07, 6.45) is 0. The lowest BCUT2D eigenvalue weighted by molar-refractivity contribution is 0.0691. The molecule has 0 aromatic heterocycles. The summed E-state index contributed by atoms with van der Waals surface area (Å²) in [6, 6.07) is 24.1. The Morgan fingerprint density at radius 3 is 2.20 bits per heavy atom. The van der Waals surface area contributed by atoms with E-state index in [4.69, 9.17) is 4.74 Å². The predicted octanol–water partition coefficient (Wildman–Crippen LogP) is 4.36. The fourth-order valence-electron chi connectivity index (χ4n) is 2.35. The van der Waals surface area contributed by atoms with Crippen LogP contribution in [0.1, 0.15) is 27.0 Å². The number of hydrogen-bond acceptors (Lipinski definition) is 2. The first-order valence-corrected chi connectivity index (χ1v) is 7.84. The molecule has 0 amide bonds. The third-order valence-corrected chi connectivity index (χ3v) is 3.59. The predicted molar refractivity (Wildman–Crippen MR) is 96.6 cm³/mol. The van der Waals surface area contributed by atoms with Gasteiger partial charge in [-0.05, 0) is 29.8 Å². The SMILES string of the molecule is O=C(O)c1cccc(C#Cc2ccccc2)c1OCc1ccccc1. The zero-order valence-corrected chi connectivity index (χ0v) is 13.5.